The number of aromatic nitrogens is 4. The normalized spacial score (nSPS) is 13.3. The molecule has 0 aliphatic carbocycles. The summed E-state index contributed by atoms with van der Waals surface area (Å²) in [5.41, 5.74) is 2.67. The third kappa shape index (κ3) is 3.37. The van der Waals surface area contributed by atoms with Crippen molar-refractivity contribution in [2.24, 2.45) is 7.05 Å². The molecule has 2 aromatic carbocycles. The molecule has 5 rings (SSSR count). The minimum atomic E-state index is -0.756. The highest BCUT2D eigenvalue weighted by atomic mass is 19.1. The molecule has 7 nitrogen and oxygen atoms in total. The molecular formula is C22H17F2N5O2. The SMILES string of the molecule is Cn1nc(-c2nc(-c3ccccc3)no2)c2c1CCN(C(=O)c1cc(F)ccc1F)C2. The molecule has 1 aliphatic rings. The van der Waals surface area contributed by atoms with Crippen molar-refractivity contribution in [1.29, 1.82) is 0 Å². The summed E-state index contributed by atoms with van der Waals surface area (Å²) in [6, 6.07) is 12.3. The van der Waals surface area contributed by atoms with E-state index in [0.29, 0.717) is 24.5 Å². The molecule has 9 heteroatoms. The van der Waals surface area contributed by atoms with Crippen molar-refractivity contribution >= 4 is 5.91 Å². The Kier molecular flexibility index (Phi) is 4.58. The van der Waals surface area contributed by atoms with Crippen molar-refractivity contribution in [3.8, 4) is 23.0 Å². The van der Waals surface area contributed by atoms with E-state index in [1.165, 1.54) is 4.90 Å². The van der Waals surface area contributed by atoms with Crippen LogP contribution in [-0.4, -0.2) is 37.3 Å². The Morgan fingerprint density at radius 2 is 1.94 bits per heavy atom. The van der Waals surface area contributed by atoms with Crippen molar-refractivity contribution < 1.29 is 18.1 Å². The number of carbonyl (C=O) groups excluding carboxylic acids is 1. The van der Waals surface area contributed by atoms with Crippen LogP contribution in [0, 0.1) is 11.6 Å². The smallest absolute Gasteiger partial charge is 0.279 e. The fraction of sp³-hybridized carbons (Fsp3) is 0.182. The first-order valence-electron chi connectivity index (χ1n) is 9.70. The molecule has 1 amide bonds. The molecular weight excluding hydrogens is 404 g/mol. The van der Waals surface area contributed by atoms with Gasteiger partial charge in [0.05, 0.1) is 12.1 Å². The zero-order valence-electron chi connectivity index (χ0n) is 16.5. The number of aryl methyl sites for hydroxylation is 1. The molecule has 0 saturated carbocycles. The Labute approximate surface area is 175 Å². The number of benzene rings is 2. The first-order chi connectivity index (χ1) is 15.0. The molecule has 0 unspecified atom stereocenters. The van der Waals surface area contributed by atoms with Crippen molar-refractivity contribution in [3.05, 3.63) is 77.0 Å². The van der Waals surface area contributed by atoms with E-state index >= 15 is 0 Å². The van der Waals surface area contributed by atoms with Crippen molar-refractivity contribution in [2.45, 2.75) is 13.0 Å². The minimum absolute atomic E-state index is 0.177. The van der Waals surface area contributed by atoms with Crippen molar-refractivity contribution in [1.82, 2.24) is 24.8 Å². The summed E-state index contributed by atoms with van der Waals surface area (Å²) in [5.74, 6) is -1.33. The van der Waals surface area contributed by atoms with E-state index in [4.69, 9.17) is 4.52 Å². The molecule has 0 radical (unpaired) electrons. The highest BCUT2D eigenvalue weighted by Gasteiger charge is 2.31. The van der Waals surface area contributed by atoms with Crippen LogP contribution in [0.5, 0.6) is 0 Å². The molecule has 1 aliphatic heterocycles. The van der Waals surface area contributed by atoms with Crippen LogP contribution in [0.4, 0.5) is 8.78 Å². The summed E-state index contributed by atoms with van der Waals surface area (Å²) in [4.78, 5) is 18.8. The van der Waals surface area contributed by atoms with Gasteiger partial charge in [0, 0.05) is 36.8 Å². The second-order valence-corrected chi connectivity index (χ2v) is 7.29. The standard InChI is InChI=1S/C22H17F2N5O2/c1-28-18-9-10-29(22(30)15-11-14(23)7-8-17(15)24)12-16(18)19(26-28)21-25-20(27-31-21)13-5-3-2-4-6-13/h2-8,11H,9-10,12H2,1H3. The predicted octanol–water partition coefficient (Wildman–Crippen LogP) is 3.61. The van der Waals surface area contributed by atoms with Crippen LogP contribution in [-0.2, 0) is 20.0 Å². The summed E-state index contributed by atoms with van der Waals surface area (Å²) >= 11 is 0. The number of fused-ring (bicyclic) bond motifs is 1. The number of hydrogen-bond donors (Lipinski definition) is 0. The first-order valence-corrected chi connectivity index (χ1v) is 9.70. The number of amides is 1. The Bertz CT molecular complexity index is 1280. The number of halogens is 2. The highest BCUT2D eigenvalue weighted by molar-refractivity contribution is 5.94. The van der Waals surface area contributed by atoms with Crippen LogP contribution in [0.25, 0.3) is 23.0 Å². The molecule has 156 valence electrons. The van der Waals surface area contributed by atoms with Gasteiger partial charge >= 0.3 is 0 Å². The van der Waals surface area contributed by atoms with Gasteiger partial charge in [-0.1, -0.05) is 35.5 Å². The summed E-state index contributed by atoms with van der Waals surface area (Å²) in [7, 11) is 1.81. The average molecular weight is 421 g/mol. The van der Waals surface area contributed by atoms with E-state index in [-0.39, 0.29) is 18.0 Å². The Balaban J connectivity index is 1.48. The fourth-order valence-electron chi connectivity index (χ4n) is 3.79. The lowest BCUT2D eigenvalue weighted by molar-refractivity contribution is 0.0728. The maximum absolute atomic E-state index is 14.1. The van der Waals surface area contributed by atoms with Crippen LogP contribution >= 0.6 is 0 Å². The Hall–Kier alpha value is -3.88. The van der Waals surface area contributed by atoms with E-state index in [9.17, 15) is 13.6 Å². The largest absolute Gasteiger partial charge is 0.334 e. The maximum Gasteiger partial charge on any atom is 0.279 e. The van der Waals surface area contributed by atoms with Gasteiger partial charge < -0.3 is 9.42 Å². The van der Waals surface area contributed by atoms with Gasteiger partial charge in [-0.25, -0.2) is 8.78 Å². The summed E-state index contributed by atoms with van der Waals surface area (Å²) < 4.78 is 34.9. The Morgan fingerprint density at radius 1 is 1.13 bits per heavy atom. The zero-order chi connectivity index (χ0) is 21.5. The third-order valence-corrected chi connectivity index (χ3v) is 5.35. The van der Waals surface area contributed by atoms with Crippen molar-refractivity contribution in [2.75, 3.05) is 6.54 Å². The van der Waals surface area contributed by atoms with E-state index in [1.54, 1.807) is 11.7 Å². The van der Waals surface area contributed by atoms with Gasteiger partial charge in [-0.05, 0) is 18.2 Å². The molecule has 2 aromatic heterocycles. The minimum Gasteiger partial charge on any atom is -0.334 e. The van der Waals surface area contributed by atoms with Crippen LogP contribution in [0.3, 0.4) is 0 Å². The van der Waals surface area contributed by atoms with Crippen molar-refractivity contribution in [3.63, 3.8) is 0 Å². The van der Waals surface area contributed by atoms with E-state index in [1.807, 2.05) is 30.3 Å². The van der Waals surface area contributed by atoms with Crippen LogP contribution in [0.15, 0.2) is 53.1 Å². The summed E-state index contributed by atoms with van der Waals surface area (Å²) in [6.45, 7) is 0.538. The quantitative estimate of drug-likeness (QED) is 0.505. The summed E-state index contributed by atoms with van der Waals surface area (Å²) in [5, 5.41) is 8.55. The molecule has 31 heavy (non-hydrogen) atoms. The molecule has 4 aromatic rings. The van der Waals surface area contributed by atoms with Crippen LogP contribution in [0.1, 0.15) is 21.6 Å². The lowest BCUT2D eigenvalue weighted by Crippen LogP contribution is -2.36. The molecule has 0 atom stereocenters. The second kappa shape index (κ2) is 7.42. The number of nitrogens with zero attached hydrogens (tertiary/aromatic N) is 5. The summed E-state index contributed by atoms with van der Waals surface area (Å²) in [6.07, 6.45) is 0.515. The fourth-order valence-corrected chi connectivity index (χ4v) is 3.79. The van der Waals surface area contributed by atoms with E-state index in [0.717, 1.165) is 35.0 Å². The monoisotopic (exact) mass is 421 g/mol. The van der Waals surface area contributed by atoms with Gasteiger partial charge in [-0.15, -0.1) is 0 Å². The van der Waals surface area contributed by atoms with Crippen LogP contribution in [0.2, 0.25) is 0 Å². The van der Waals surface area contributed by atoms with Gasteiger partial charge in [0.1, 0.15) is 11.6 Å². The molecule has 0 bridgehead atoms. The van der Waals surface area contributed by atoms with Crippen LogP contribution < -0.4 is 0 Å². The highest BCUT2D eigenvalue weighted by Crippen LogP contribution is 2.31. The van der Waals surface area contributed by atoms with E-state index in [2.05, 4.69) is 15.2 Å². The molecule has 0 saturated heterocycles. The molecule has 0 fully saturated rings. The molecule has 0 spiro atoms. The number of rotatable bonds is 3. The average Bonchev–Trinajstić information content (AvgIpc) is 3.40. The van der Waals surface area contributed by atoms with Gasteiger partial charge in [0.25, 0.3) is 11.8 Å². The van der Waals surface area contributed by atoms with Gasteiger partial charge in [-0.2, -0.15) is 10.1 Å². The van der Waals surface area contributed by atoms with E-state index < -0.39 is 17.5 Å². The third-order valence-electron chi connectivity index (χ3n) is 5.35. The molecule has 3 heterocycles. The maximum atomic E-state index is 14.1. The second-order valence-electron chi connectivity index (χ2n) is 7.29. The first kappa shape index (κ1) is 19.1. The Morgan fingerprint density at radius 3 is 2.74 bits per heavy atom. The lowest BCUT2D eigenvalue weighted by Gasteiger charge is -2.27. The number of hydrogen-bond acceptors (Lipinski definition) is 5. The zero-order valence-corrected chi connectivity index (χ0v) is 16.5. The van der Waals surface area contributed by atoms with Gasteiger partial charge in [-0.3, -0.25) is 9.48 Å². The van der Waals surface area contributed by atoms with Gasteiger partial charge in [0.15, 0.2) is 5.69 Å². The van der Waals surface area contributed by atoms with Gasteiger partial charge in [0.2, 0.25) is 5.82 Å². The topological polar surface area (TPSA) is 77.1 Å². The lowest BCUT2D eigenvalue weighted by atomic mass is 10.0. The molecule has 0 N–H and O–H groups in total. The predicted molar refractivity (Wildman–Crippen MR) is 107 cm³/mol. The number of carbonyl (C=O) groups is 1.